The van der Waals surface area contributed by atoms with Crippen molar-refractivity contribution in [2.24, 2.45) is 5.84 Å². The van der Waals surface area contributed by atoms with Crippen LogP contribution in [0.5, 0.6) is 0 Å². The molecule has 0 fully saturated rings. The minimum atomic E-state index is -0.261. The van der Waals surface area contributed by atoms with Gasteiger partial charge in [0.05, 0.1) is 5.52 Å². The van der Waals surface area contributed by atoms with Crippen LogP contribution in [0.2, 0.25) is 0 Å². The molecule has 1 aromatic heterocycles. The van der Waals surface area contributed by atoms with Gasteiger partial charge >= 0.3 is 0 Å². The molecule has 3 nitrogen and oxygen atoms in total. The SMILES string of the molecule is NNc1ccc2cc(F)ccc2n1. The second kappa shape index (κ2) is 2.99. The zero-order valence-electron chi connectivity index (χ0n) is 6.79. The molecule has 0 atom stereocenters. The van der Waals surface area contributed by atoms with Crippen molar-refractivity contribution in [1.82, 2.24) is 4.98 Å². The molecule has 13 heavy (non-hydrogen) atoms. The zero-order valence-corrected chi connectivity index (χ0v) is 6.79. The van der Waals surface area contributed by atoms with Gasteiger partial charge in [0.15, 0.2) is 0 Å². The summed E-state index contributed by atoms with van der Waals surface area (Å²) in [7, 11) is 0. The van der Waals surface area contributed by atoms with Crippen molar-refractivity contribution in [3.63, 3.8) is 0 Å². The molecule has 4 heteroatoms. The van der Waals surface area contributed by atoms with E-state index in [1.54, 1.807) is 18.2 Å². The van der Waals surface area contributed by atoms with E-state index in [0.717, 1.165) is 10.9 Å². The third-order valence-electron chi connectivity index (χ3n) is 1.80. The number of halogens is 1. The van der Waals surface area contributed by atoms with E-state index < -0.39 is 0 Å². The maximum Gasteiger partial charge on any atom is 0.140 e. The van der Waals surface area contributed by atoms with Crippen LogP contribution in [0.1, 0.15) is 0 Å². The van der Waals surface area contributed by atoms with E-state index in [-0.39, 0.29) is 5.82 Å². The van der Waals surface area contributed by atoms with Crippen LogP contribution >= 0.6 is 0 Å². The lowest BCUT2D eigenvalue weighted by atomic mass is 10.2. The number of hydrazine groups is 1. The van der Waals surface area contributed by atoms with E-state index in [2.05, 4.69) is 10.4 Å². The molecule has 0 radical (unpaired) electrons. The van der Waals surface area contributed by atoms with Gasteiger partial charge in [0.25, 0.3) is 0 Å². The van der Waals surface area contributed by atoms with Crippen LogP contribution in [0.4, 0.5) is 10.2 Å². The fourth-order valence-corrected chi connectivity index (χ4v) is 1.18. The molecular formula is C9H8FN3. The highest BCUT2D eigenvalue weighted by molar-refractivity contribution is 5.80. The number of nitrogen functional groups attached to an aromatic ring is 1. The van der Waals surface area contributed by atoms with Crippen LogP contribution in [0.3, 0.4) is 0 Å². The van der Waals surface area contributed by atoms with Gasteiger partial charge < -0.3 is 5.43 Å². The van der Waals surface area contributed by atoms with Gasteiger partial charge in [0.2, 0.25) is 0 Å². The lowest BCUT2D eigenvalue weighted by Crippen LogP contribution is -2.08. The number of hydrogen-bond acceptors (Lipinski definition) is 3. The Morgan fingerprint density at radius 1 is 1.23 bits per heavy atom. The first-order chi connectivity index (χ1) is 6.29. The highest BCUT2D eigenvalue weighted by Gasteiger charge is 1.97. The first kappa shape index (κ1) is 7.94. The van der Waals surface area contributed by atoms with Gasteiger partial charge in [-0.25, -0.2) is 15.2 Å². The summed E-state index contributed by atoms with van der Waals surface area (Å²) >= 11 is 0. The fourth-order valence-electron chi connectivity index (χ4n) is 1.18. The number of aromatic nitrogens is 1. The summed E-state index contributed by atoms with van der Waals surface area (Å²) < 4.78 is 12.8. The number of pyridine rings is 1. The van der Waals surface area contributed by atoms with E-state index in [0.29, 0.717) is 5.82 Å². The summed E-state index contributed by atoms with van der Waals surface area (Å²) in [6.45, 7) is 0. The van der Waals surface area contributed by atoms with E-state index >= 15 is 0 Å². The maximum absolute atomic E-state index is 12.8. The Bertz CT molecular complexity index is 442. The van der Waals surface area contributed by atoms with E-state index in [1.807, 2.05) is 0 Å². The molecule has 0 aliphatic rings. The van der Waals surface area contributed by atoms with Crippen LogP contribution in [-0.2, 0) is 0 Å². The first-order valence-electron chi connectivity index (χ1n) is 3.82. The molecule has 0 aliphatic carbocycles. The van der Waals surface area contributed by atoms with Crippen molar-refractivity contribution in [2.75, 3.05) is 5.43 Å². The highest BCUT2D eigenvalue weighted by Crippen LogP contribution is 2.15. The second-order valence-electron chi connectivity index (χ2n) is 2.68. The second-order valence-corrected chi connectivity index (χ2v) is 2.68. The largest absolute Gasteiger partial charge is 0.308 e. The average Bonchev–Trinajstić information content (AvgIpc) is 2.17. The fraction of sp³-hybridized carbons (Fsp3) is 0. The first-order valence-corrected chi connectivity index (χ1v) is 3.82. The van der Waals surface area contributed by atoms with Gasteiger partial charge in [-0.05, 0) is 30.3 Å². The number of anilines is 1. The van der Waals surface area contributed by atoms with Gasteiger partial charge in [-0.15, -0.1) is 0 Å². The third-order valence-corrected chi connectivity index (χ3v) is 1.80. The predicted octanol–water partition coefficient (Wildman–Crippen LogP) is 1.66. The van der Waals surface area contributed by atoms with E-state index in [9.17, 15) is 4.39 Å². The van der Waals surface area contributed by atoms with Crippen molar-refractivity contribution < 1.29 is 4.39 Å². The van der Waals surface area contributed by atoms with Gasteiger partial charge in [-0.1, -0.05) is 0 Å². The molecule has 1 heterocycles. The Hall–Kier alpha value is -1.68. The zero-order chi connectivity index (χ0) is 9.26. The number of hydrogen-bond donors (Lipinski definition) is 2. The Kier molecular flexibility index (Phi) is 1.83. The molecule has 0 saturated carbocycles. The summed E-state index contributed by atoms with van der Waals surface area (Å²) in [5.41, 5.74) is 3.15. The molecule has 0 aliphatic heterocycles. The molecule has 0 amide bonds. The minimum Gasteiger partial charge on any atom is -0.308 e. The maximum atomic E-state index is 12.8. The number of nitrogens with two attached hydrogens (primary N) is 1. The predicted molar refractivity (Wildman–Crippen MR) is 49.5 cm³/mol. The van der Waals surface area contributed by atoms with Crippen molar-refractivity contribution in [1.29, 1.82) is 0 Å². The van der Waals surface area contributed by atoms with Crippen LogP contribution in [0, 0.1) is 5.82 Å². The molecule has 2 rings (SSSR count). The van der Waals surface area contributed by atoms with Crippen LogP contribution in [0.15, 0.2) is 30.3 Å². The summed E-state index contributed by atoms with van der Waals surface area (Å²) in [5.74, 6) is 5.49. The van der Waals surface area contributed by atoms with Crippen molar-refractivity contribution in [3.8, 4) is 0 Å². The summed E-state index contributed by atoms with van der Waals surface area (Å²) in [5, 5.41) is 0.763. The third kappa shape index (κ3) is 1.43. The number of fused-ring (bicyclic) bond motifs is 1. The van der Waals surface area contributed by atoms with Crippen LogP contribution in [-0.4, -0.2) is 4.98 Å². The molecular weight excluding hydrogens is 169 g/mol. The molecule has 0 unspecified atom stereocenters. The Labute approximate surface area is 74.4 Å². The number of nitrogens with zero attached hydrogens (tertiary/aromatic N) is 1. The van der Waals surface area contributed by atoms with Gasteiger partial charge in [0.1, 0.15) is 11.6 Å². The molecule has 66 valence electrons. The molecule has 0 spiro atoms. The molecule has 3 N–H and O–H groups in total. The normalized spacial score (nSPS) is 10.3. The minimum absolute atomic E-state index is 0.261. The van der Waals surface area contributed by atoms with Crippen molar-refractivity contribution in [3.05, 3.63) is 36.1 Å². The topological polar surface area (TPSA) is 50.9 Å². The summed E-state index contributed by atoms with van der Waals surface area (Å²) in [6.07, 6.45) is 0. The van der Waals surface area contributed by atoms with Gasteiger partial charge in [-0.3, -0.25) is 0 Å². The van der Waals surface area contributed by atoms with Crippen LogP contribution < -0.4 is 11.3 Å². The monoisotopic (exact) mass is 177 g/mol. The van der Waals surface area contributed by atoms with Crippen LogP contribution in [0.25, 0.3) is 10.9 Å². The Morgan fingerprint density at radius 2 is 2.08 bits per heavy atom. The Balaban J connectivity index is 2.66. The van der Waals surface area contributed by atoms with Crippen molar-refractivity contribution in [2.45, 2.75) is 0 Å². The standard InChI is InChI=1S/C9H8FN3/c10-7-2-3-8-6(5-7)1-4-9(12-8)13-11/h1-5H,11H2,(H,12,13). The smallest absolute Gasteiger partial charge is 0.140 e. The summed E-state index contributed by atoms with van der Waals surface area (Å²) in [4.78, 5) is 4.13. The molecule has 0 bridgehead atoms. The van der Waals surface area contributed by atoms with Gasteiger partial charge in [-0.2, -0.15) is 0 Å². The average molecular weight is 177 g/mol. The quantitative estimate of drug-likeness (QED) is 0.514. The van der Waals surface area contributed by atoms with E-state index in [4.69, 9.17) is 5.84 Å². The Morgan fingerprint density at radius 3 is 2.85 bits per heavy atom. The number of rotatable bonds is 1. The molecule has 2 aromatic rings. The number of nitrogens with one attached hydrogen (secondary N) is 1. The summed E-state index contributed by atoms with van der Waals surface area (Å²) in [6, 6.07) is 7.88. The highest BCUT2D eigenvalue weighted by atomic mass is 19.1. The number of benzene rings is 1. The lowest BCUT2D eigenvalue weighted by molar-refractivity contribution is 0.629. The lowest BCUT2D eigenvalue weighted by Gasteiger charge is -2.00. The van der Waals surface area contributed by atoms with Crippen molar-refractivity contribution >= 4 is 16.7 Å². The molecule has 0 saturated heterocycles. The molecule has 1 aromatic carbocycles. The van der Waals surface area contributed by atoms with Gasteiger partial charge in [0, 0.05) is 5.39 Å². The van der Waals surface area contributed by atoms with E-state index in [1.165, 1.54) is 12.1 Å².